The topological polar surface area (TPSA) is 53.4 Å². The van der Waals surface area contributed by atoms with Crippen LogP contribution in [0.25, 0.3) is 0 Å². The van der Waals surface area contributed by atoms with E-state index in [1.165, 1.54) is 5.56 Å². The van der Waals surface area contributed by atoms with Gasteiger partial charge in [-0.05, 0) is 55.8 Å². The Balaban J connectivity index is 2.00. The molecule has 0 aliphatic rings. The number of hydrogen-bond donors (Lipinski definition) is 1. The summed E-state index contributed by atoms with van der Waals surface area (Å²) in [5.74, 6) is 0.669. The van der Waals surface area contributed by atoms with E-state index >= 15 is 0 Å². The third-order valence-corrected chi connectivity index (χ3v) is 4.91. The number of nitrogens with zero attached hydrogens (tertiary/aromatic N) is 2. The summed E-state index contributed by atoms with van der Waals surface area (Å²) in [6.45, 7) is 4.23. The zero-order chi connectivity index (χ0) is 17.5. The molecule has 1 N–H and O–H groups in total. The largest absolute Gasteiger partial charge is 0.396 e. The van der Waals surface area contributed by atoms with Crippen molar-refractivity contribution >= 4 is 17.7 Å². The number of aliphatic hydroxyl groups excluding tert-OH is 1. The SMILES string of the molecule is Cc1ccnc(C[C@@H](C)N(C)C(=O)c2ccc(SCCO)cc2)c1. The van der Waals surface area contributed by atoms with Crippen LogP contribution in [0.5, 0.6) is 0 Å². The molecule has 0 bridgehead atoms. The number of aryl methyl sites for hydroxylation is 1. The molecular weight excluding hydrogens is 320 g/mol. The quantitative estimate of drug-likeness (QED) is 0.784. The van der Waals surface area contributed by atoms with Crippen molar-refractivity contribution < 1.29 is 9.90 Å². The van der Waals surface area contributed by atoms with E-state index in [1.807, 2.05) is 57.4 Å². The molecule has 1 heterocycles. The highest BCUT2D eigenvalue weighted by molar-refractivity contribution is 7.99. The summed E-state index contributed by atoms with van der Waals surface area (Å²) in [7, 11) is 1.83. The second-order valence-electron chi connectivity index (χ2n) is 5.89. The Morgan fingerprint density at radius 3 is 2.62 bits per heavy atom. The Bertz CT molecular complexity index is 673. The van der Waals surface area contributed by atoms with Gasteiger partial charge in [-0.1, -0.05) is 0 Å². The number of pyridine rings is 1. The molecule has 0 saturated heterocycles. The number of hydrogen-bond acceptors (Lipinski definition) is 4. The lowest BCUT2D eigenvalue weighted by atomic mass is 10.1. The van der Waals surface area contributed by atoms with Gasteiger partial charge in [0.25, 0.3) is 5.91 Å². The van der Waals surface area contributed by atoms with Gasteiger partial charge in [0.05, 0.1) is 6.61 Å². The minimum Gasteiger partial charge on any atom is -0.396 e. The smallest absolute Gasteiger partial charge is 0.253 e. The van der Waals surface area contributed by atoms with Crippen LogP contribution in [0, 0.1) is 6.92 Å². The van der Waals surface area contributed by atoms with E-state index in [-0.39, 0.29) is 18.6 Å². The number of amides is 1. The fraction of sp³-hybridized carbons (Fsp3) is 0.368. The van der Waals surface area contributed by atoms with Crippen molar-refractivity contribution in [2.45, 2.75) is 31.2 Å². The number of likely N-dealkylation sites (N-methyl/N-ethyl adjacent to an activating group) is 1. The number of carbonyl (C=O) groups excluding carboxylic acids is 1. The average molecular weight is 344 g/mol. The average Bonchev–Trinajstić information content (AvgIpc) is 2.59. The van der Waals surface area contributed by atoms with Gasteiger partial charge in [0, 0.05) is 47.6 Å². The third-order valence-electron chi connectivity index (χ3n) is 3.92. The Morgan fingerprint density at radius 1 is 1.29 bits per heavy atom. The normalized spacial score (nSPS) is 12.0. The molecule has 0 saturated carbocycles. The molecule has 0 spiro atoms. The lowest BCUT2D eigenvalue weighted by molar-refractivity contribution is 0.0743. The Kier molecular flexibility index (Phi) is 6.82. The molecule has 0 aliphatic carbocycles. The van der Waals surface area contributed by atoms with E-state index < -0.39 is 0 Å². The van der Waals surface area contributed by atoms with Crippen LogP contribution in [-0.4, -0.2) is 46.3 Å². The maximum atomic E-state index is 12.6. The highest BCUT2D eigenvalue weighted by atomic mass is 32.2. The zero-order valence-electron chi connectivity index (χ0n) is 14.4. The van der Waals surface area contributed by atoms with E-state index in [1.54, 1.807) is 16.7 Å². The zero-order valence-corrected chi connectivity index (χ0v) is 15.2. The number of carbonyl (C=O) groups is 1. The van der Waals surface area contributed by atoms with E-state index in [2.05, 4.69) is 11.1 Å². The van der Waals surface area contributed by atoms with Crippen LogP contribution >= 0.6 is 11.8 Å². The van der Waals surface area contributed by atoms with Gasteiger partial charge in [0.2, 0.25) is 0 Å². The highest BCUT2D eigenvalue weighted by Crippen LogP contribution is 2.19. The first kappa shape index (κ1) is 18.5. The summed E-state index contributed by atoms with van der Waals surface area (Å²) in [5.41, 5.74) is 2.85. The molecule has 24 heavy (non-hydrogen) atoms. The van der Waals surface area contributed by atoms with E-state index in [4.69, 9.17) is 5.11 Å². The summed E-state index contributed by atoms with van der Waals surface area (Å²) >= 11 is 1.58. The minimum atomic E-state index is 0.00820. The van der Waals surface area contributed by atoms with Crippen molar-refractivity contribution in [3.63, 3.8) is 0 Å². The predicted octanol–water partition coefficient (Wildman–Crippen LogP) is 3.18. The second-order valence-corrected chi connectivity index (χ2v) is 7.06. The molecule has 128 valence electrons. The first-order valence-electron chi connectivity index (χ1n) is 8.03. The fourth-order valence-electron chi connectivity index (χ4n) is 2.41. The molecule has 4 nitrogen and oxygen atoms in total. The van der Waals surface area contributed by atoms with Crippen molar-refractivity contribution in [2.24, 2.45) is 0 Å². The van der Waals surface area contributed by atoms with Crippen molar-refractivity contribution in [1.82, 2.24) is 9.88 Å². The number of aromatic nitrogens is 1. The van der Waals surface area contributed by atoms with Crippen LogP contribution in [0.2, 0.25) is 0 Å². The maximum absolute atomic E-state index is 12.6. The summed E-state index contributed by atoms with van der Waals surface area (Å²) < 4.78 is 0. The van der Waals surface area contributed by atoms with Crippen LogP contribution in [0.3, 0.4) is 0 Å². The van der Waals surface area contributed by atoms with Crippen LogP contribution in [0.1, 0.15) is 28.5 Å². The Morgan fingerprint density at radius 2 is 2.00 bits per heavy atom. The molecule has 0 fully saturated rings. The summed E-state index contributed by atoms with van der Waals surface area (Å²) in [6.07, 6.45) is 2.54. The van der Waals surface area contributed by atoms with Crippen LogP contribution in [0.4, 0.5) is 0 Å². The number of thioether (sulfide) groups is 1. The summed E-state index contributed by atoms with van der Waals surface area (Å²) in [4.78, 5) is 19.8. The van der Waals surface area contributed by atoms with Crippen LogP contribution in [-0.2, 0) is 6.42 Å². The molecule has 0 radical (unpaired) electrons. The van der Waals surface area contributed by atoms with Gasteiger partial charge in [-0.25, -0.2) is 0 Å². The number of rotatable bonds is 7. The van der Waals surface area contributed by atoms with Crippen molar-refractivity contribution in [3.05, 3.63) is 59.4 Å². The van der Waals surface area contributed by atoms with Crippen LogP contribution < -0.4 is 0 Å². The molecule has 0 aliphatic heterocycles. The Hall–Kier alpha value is -1.85. The maximum Gasteiger partial charge on any atom is 0.253 e. The summed E-state index contributed by atoms with van der Waals surface area (Å²) in [5, 5.41) is 8.86. The standard InChI is InChI=1S/C19H24N2O2S/c1-14-8-9-20-17(12-14)13-15(2)21(3)19(23)16-4-6-18(7-5-16)24-11-10-22/h4-9,12,15,22H,10-11,13H2,1-3H3/t15-/m1/s1. The number of benzene rings is 1. The molecular formula is C19H24N2O2S. The van der Waals surface area contributed by atoms with E-state index in [0.717, 1.165) is 17.0 Å². The van der Waals surface area contributed by atoms with Gasteiger partial charge in [0.1, 0.15) is 0 Å². The molecule has 1 amide bonds. The van der Waals surface area contributed by atoms with Crippen molar-refractivity contribution in [2.75, 3.05) is 19.4 Å². The summed E-state index contributed by atoms with van der Waals surface area (Å²) in [6, 6.07) is 11.6. The fourth-order valence-corrected chi connectivity index (χ4v) is 3.07. The molecule has 2 aromatic rings. The van der Waals surface area contributed by atoms with Gasteiger partial charge in [-0.3, -0.25) is 9.78 Å². The van der Waals surface area contributed by atoms with Gasteiger partial charge >= 0.3 is 0 Å². The van der Waals surface area contributed by atoms with Crippen molar-refractivity contribution in [1.29, 1.82) is 0 Å². The monoisotopic (exact) mass is 344 g/mol. The molecule has 0 unspecified atom stereocenters. The lowest BCUT2D eigenvalue weighted by Gasteiger charge is -2.25. The van der Waals surface area contributed by atoms with Gasteiger partial charge in [-0.15, -0.1) is 11.8 Å². The Labute approximate surface area is 147 Å². The molecule has 1 atom stereocenters. The van der Waals surface area contributed by atoms with Crippen LogP contribution in [0.15, 0.2) is 47.5 Å². The first-order valence-corrected chi connectivity index (χ1v) is 9.02. The van der Waals surface area contributed by atoms with E-state index in [0.29, 0.717) is 11.3 Å². The molecule has 1 aromatic heterocycles. The molecule has 2 rings (SSSR count). The highest BCUT2D eigenvalue weighted by Gasteiger charge is 2.18. The number of aliphatic hydroxyl groups is 1. The van der Waals surface area contributed by atoms with Gasteiger partial charge in [0.15, 0.2) is 0 Å². The first-order chi connectivity index (χ1) is 11.5. The second kappa shape index (κ2) is 8.85. The van der Waals surface area contributed by atoms with Gasteiger partial charge in [-0.2, -0.15) is 0 Å². The molecule has 5 heteroatoms. The minimum absolute atomic E-state index is 0.00820. The van der Waals surface area contributed by atoms with Gasteiger partial charge < -0.3 is 10.0 Å². The molecule has 1 aromatic carbocycles. The van der Waals surface area contributed by atoms with E-state index in [9.17, 15) is 4.79 Å². The van der Waals surface area contributed by atoms with Crippen molar-refractivity contribution in [3.8, 4) is 0 Å². The predicted molar refractivity (Wildman–Crippen MR) is 98.5 cm³/mol. The lowest BCUT2D eigenvalue weighted by Crippen LogP contribution is -2.36. The third kappa shape index (κ3) is 5.08.